The number of pyridine rings is 1. The first-order valence-corrected chi connectivity index (χ1v) is 12.8. The summed E-state index contributed by atoms with van der Waals surface area (Å²) in [6.45, 7) is 7.92. The molecule has 2 saturated heterocycles. The fourth-order valence-electron chi connectivity index (χ4n) is 4.33. The molecule has 4 N–H and O–H groups in total. The lowest BCUT2D eigenvalue weighted by Crippen LogP contribution is -2.66. The van der Waals surface area contributed by atoms with E-state index in [4.69, 9.17) is 34.4 Å². The first-order valence-electron chi connectivity index (χ1n) is 12.8. The maximum atomic E-state index is 10.6. The van der Waals surface area contributed by atoms with Crippen LogP contribution >= 0.6 is 0 Å². The molecule has 2 aliphatic rings. The Morgan fingerprint density at radius 1 is 0.935 bits per heavy atom. The van der Waals surface area contributed by atoms with Gasteiger partial charge in [0, 0.05) is 49.8 Å². The Balaban J connectivity index is 0.000000413. The van der Waals surface area contributed by atoms with Crippen LogP contribution in [0.1, 0.15) is 23.4 Å². The van der Waals surface area contributed by atoms with Gasteiger partial charge in [0.05, 0.1) is 18.9 Å². The molecule has 2 fully saturated rings. The highest BCUT2D eigenvalue weighted by molar-refractivity contribution is 5.73. The molecular formula is C25H30F9N5O7. The van der Waals surface area contributed by atoms with Gasteiger partial charge in [-0.15, -0.1) is 0 Å². The van der Waals surface area contributed by atoms with Crippen molar-refractivity contribution in [2.75, 3.05) is 33.3 Å². The zero-order chi connectivity index (χ0) is 35.5. The molecule has 2 aromatic heterocycles. The Morgan fingerprint density at radius 3 is 1.78 bits per heavy atom. The molecular weight excluding hydrogens is 653 g/mol. The Labute approximate surface area is 254 Å². The number of carboxylic acids is 3. The summed E-state index contributed by atoms with van der Waals surface area (Å²) in [5.74, 6) is -7.64. The van der Waals surface area contributed by atoms with E-state index in [-0.39, 0.29) is 0 Å². The molecule has 4 rings (SSSR count). The van der Waals surface area contributed by atoms with Gasteiger partial charge in [-0.2, -0.15) is 44.6 Å². The zero-order valence-corrected chi connectivity index (χ0v) is 24.1. The van der Waals surface area contributed by atoms with E-state index in [1.165, 1.54) is 12.0 Å². The summed E-state index contributed by atoms with van der Waals surface area (Å²) in [5.41, 5.74) is 3.82. The molecule has 2 aromatic rings. The van der Waals surface area contributed by atoms with E-state index < -0.39 is 36.4 Å². The molecule has 0 saturated carbocycles. The van der Waals surface area contributed by atoms with E-state index in [1.807, 2.05) is 24.5 Å². The molecule has 0 bridgehead atoms. The smallest absolute Gasteiger partial charge is 0.475 e. The average molecular weight is 684 g/mol. The number of likely N-dealkylation sites (N-methyl/N-ethyl adjacent to an activating group) is 1. The van der Waals surface area contributed by atoms with Gasteiger partial charge < -0.3 is 20.1 Å². The van der Waals surface area contributed by atoms with Crippen LogP contribution in [0, 0.1) is 12.8 Å². The molecule has 2 aliphatic heterocycles. The molecule has 1 unspecified atom stereocenters. The number of hydrogen-bond donors (Lipinski definition) is 4. The number of H-pyrrole nitrogens is 1. The number of hydrogen-bond acceptors (Lipinski definition) is 8. The van der Waals surface area contributed by atoms with Gasteiger partial charge in [0.2, 0.25) is 0 Å². The van der Waals surface area contributed by atoms with Crippen molar-refractivity contribution in [3.05, 3.63) is 47.5 Å². The summed E-state index contributed by atoms with van der Waals surface area (Å²) in [4.78, 5) is 35.8. The summed E-state index contributed by atoms with van der Waals surface area (Å²) < 4.78 is 101. The van der Waals surface area contributed by atoms with Gasteiger partial charge in [-0.3, -0.25) is 19.9 Å². The third kappa shape index (κ3) is 14.0. The molecule has 0 amide bonds. The third-order valence-electron chi connectivity index (χ3n) is 6.29. The number of nitrogens with zero attached hydrogens (tertiary/aromatic N) is 4. The highest BCUT2D eigenvalue weighted by atomic mass is 19.4. The van der Waals surface area contributed by atoms with Gasteiger partial charge in [-0.05, 0) is 50.1 Å². The summed E-state index contributed by atoms with van der Waals surface area (Å²) in [6.07, 6.45) is -10.4. The van der Waals surface area contributed by atoms with Crippen molar-refractivity contribution < 1.29 is 74.0 Å². The molecule has 12 nitrogen and oxygen atoms in total. The first kappa shape index (κ1) is 40.0. The highest BCUT2D eigenvalue weighted by Crippen LogP contribution is 2.40. The number of halogens is 9. The van der Waals surface area contributed by atoms with Crippen molar-refractivity contribution >= 4 is 17.9 Å². The number of ether oxygens (including phenoxy) is 1. The van der Waals surface area contributed by atoms with E-state index in [9.17, 15) is 39.5 Å². The van der Waals surface area contributed by atoms with Gasteiger partial charge in [-0.25, -0.2) is 14.4 Å². The lowest BCUT2D eigenvalue weighted by molar-refractivity contribution is -0.193. The number of aromatic amines is 1. The molecule has 0 radical (unpaired) electrons. The van der Waals surface area contributed by atoms with E-state index in [2.05, 4.69) is 45.0 Å². The topological polar surface area (TPSA) is 169 Å². The normalized spacial score (nSPS) is 17.8. The predicted molar refractivity (Wildman–Crippen MR) is 137 cm³/mol. The minimum absolute atomic E-state index is 0.343. The van der Waals surface area contributed by atoms with Crippen molar-refractivity contribution in [2.24, 2.45) is 5.92 Å². The maximum Gasteiger partial charge on any atom is 0.490 e. The van der Waals surface area contributed by atoms with Crippen LogP contribution in [0.3, 0.4) is 0 Å². The maximum absolute atomic E-state index is 10.6. The summed E-state index contributed by atoms with van der Waals surface area (Å²) in [5, 5.41) is 28.8. The zero-order valence-electron chi connectivity index (χ0n) is 24.1. The van der Waals surface area contributed by atoms with Crippen LogP contribution in [0.4, 0.5) is 39.5 Å². The van der Waals surface area contributed by atoms with Crippen LogP contribution in [0.25, 0.3) is 0 Å². The quantitative estimate of drug-likeness (QED) is 0.328. The Bertz CT molecular complexity index is 1210. The third-order valence-corrected chi connectivity index (χ3v) is 6.29. The lowest BCUT2D eigenvalue weighted by Gasteiger charge is -2.52. The Hall–Kier alpha value is -3.98. The number of carboxylic acid groups (broad SMARTS) is 3. The van der Waals surface area contributed by atoms with Crippen molar-refractivity contribution in [3.8, 4) is 0 Å². The minimum atomic E-state index is -5.08. The van der Waals surface area contributed by atoms with Crippen molar-refractivity contribution in [1.29, 1.82) is 0 Å². The molecule has 4 heterocycles. The van der Waals surface area contributed by atoms with Crippen LogP contribution < -0.4 is 0 Å². The lowest BCUT2D eigenvalue weighted by atomic mass is 9.84. The largest absolute Gasteiger partial charge is 0.490 e. The Kier molecular flexibility index (Phi) is 14.4. The average Bonchev–Trinajstić information content (AvgIpc) is 3.46. The van der Waals surface area contributed by atoms with E-state index in [0.29, 0.717) is 18.1 Å². The van der Waals surface area contributed by atoms with Crippen LogP contribution in [0.5, 0.6) is 0 Å². The van der Waals surface area contributed by atoms with Gasteiger partial charge in [0.1, 0.15) is 0 Å². The fraction of sp³-hybridized carbons (Fsp3) is 0.560. The molecule has 0 aromatic carbocycles. The van der Waals surface area contributed by atoms with E-state index in [0.717, 1.165) is 44.2 Å². The van der Waals surface area contributed by atoms with Crippen LogP contribution in [-0.2, 0) is 32.3 Å². The number of likely N-dealkylation sites (tertiary alicyclic amines) is 2. The number of rotatable bonds is 6. The minimum Gasteiger partial charge on any atom is -0.475 e. The van der Waals surface area contributed by atoms with Gasteiger partial charge in [0.25, 0.3) is 0 Å². The Morgan fingerprint density at radius 2 is 1.39 bits per heavy atom. The molecule has 1 spiro atoms. The second kappa shape index (κ2) is 16.5. The number of aromatic nitrogens is 3. The second-order valence-electron chi connectivity index (χ2n) is 10.1. The van der Waals surface area contributed by atoms with E-state index >= 15 is 0 Å². The van der Waals surface area contributed by atoms with Crippen molar-refractivity contribution in [1.82, 2.24) is 25.0 Å². The van der Waals surface area contributed by atoms with Gasteiger partial charge in [0.15, 0.2) is 0 Å². The monoisotopic (exact) mass is 683 g/mol. The predicted octanol–water partition coefficient (Wildman–Crippen LogP) is 3.74. The highest BCUT2D eigenvalue weighted by Gasteiger charge is 2.51. The van der Waals surface area contributed by atoms with Crippen LogP contribution in [0.15, 0.2) is 30.6 Å². The number of alkyl halides is 9. The SMILES string of the molecule is Cc1cc(CN2CC3(CC(COCc4ccncc4)CN3C)C2)n[nH]1.O=C(O)C(F)(F)F.O=C(O)C(F)(F)F.O=C(O)C(F)(F)F. The summed E-state index contributed by atoms with van der Waals surface area (Å²) in [7, 11) is 2.26. The van der Waals surface area contributed by atoms with Crippen molar-refractivity contribution in [2.45, 2.75) is 50.6 Å². The molecule has 46 heavy (non-hydrogen) atoms. The second-order valence-corrected chi connectivity index (χ2v) is 10.1. The number of carbonyl (C=O) groups is 3. The van der Waals surface area contributed by atoms with Crippen LogP contribution in [0.2, 0.25) is 0 Å². The summed E-state index contributed by atoms with van der Waals surface area (Å²) in [6, 6.07) is 6.17. The fourth-order valence-corrected chi connectivity index (χ4v) is 4.33. The number of nitrogens with one attached hydrogen (secondary N) is 1. The number of aliphatic carboxylic acids is 3. The van der Waals surface area contributed by atoms with E-state index in [1.54, 1.807) is 0 Å². The molecule has 1 atom stereocenters. The van der Waals surface area contributed by atoms with Gasteiger partial charge in [-0.1, -0.05) is 0 Å². The first-order chi connectivity index (χ1) is 21.0. The standard InChI is InChI=1S/C19H27N5O.3C2HF3O2/c1-15-7-18(22-21-15)10-24-13-19(14-24)8-17(9-23(19)2)12-25-11-16-3-5-20-6-4-16;3*3-2(4,5)1(6)7/h3-7,17H,8-14H2,1-2H3,(H,21,22);3*(H,6,7). The summed E-state index contributed by atoms with van der Waals surface area (Å²) >= 11 is 0. The van der Waals surface area contributed by atoms with Gasteiger partial charge >= 0.3 is 36.4 Å². The van der Waals surface area contributed by atoms with Crippen LogP contribution in [-0.4, -0.2) is 116 Å². The molecule has 21 heteroatoms. The molecule has 260 valence electrons. The molecule has 0 aliphatic carbocycles. The van der Waals surface area contributed by atoms with Crippen molar-refractivity contribution in [3.63, 3.8) is 0 Å². The number of aryl methyl sites for hydroxylation is 1.